The number of thiocarbonyl (C=S) groups is 1. The highest BCUT2D eigenvalue weighted by atomic mass is 35.5. The van der Waals surface area contributed by atoms with Crippen molar-refractivity contribution in [3.05, 3.63) is 46.7 Å². The fourth-order valence-electron chi connectivity index (χ4n) is 3.68. The van der Waals surface area contributed by atoms with Crippen molar-refractivity contribution in [2.24, 2.45) is 5.92 Å². The Labute approximate surface area is 150 Å². The van der Waals surface area contributed by atoms with Crippen LogP contribution in [0.3, 0.4) is 0 Å². The zero-order valence-electron chi connectivity index (χ0n) is 14.1. The third kappa shape index (κ3) is 4.06. The molecule has 0 amide bonds. The number of nitrogens with one attached hydrogen (secondary N) is 3. The van der Waals surface area contributed by atoms with E-state index < -0.39 is 0 Å². The van der Waals surface area contributed by atoms with Crippen molar-refractivity contribution in [3.8, 4) is 0 Å². The quantitative estimate of drug-likeness (QED) is 0.592. The van der Waals surface area contributed by atoms with E-state index in [1.807, 2.05) is 0 Å². The summed E-state index contributed by atoms with van der Waals surface area (Å²) in [5, 5.41) is 7.72. The second-order valence-electron chi connectivity index (χ2n) is 6.88. The molecule has 1 heterocycles. The van der Waals surface area contributed by atoms with Gasteiger partial charge in [-0.2, -0.15) is 0 Å². The van der Waals surface area contributed by atoms with Gasteiger partial charge in [0.2, 0.25) is 0 Å². The molecule has 3 rings (SSSR count). The van der Waals surface area contributed by atoms with Crippen molar-refractivity contribution in [1.29, 1.82) is 0 Å². The van der Waals surface area contributed by atoms with Gasteiger partial charge >= 0.3 is 0 Å². The molecule has 2 atom stereocenters. The molecule has 0 saturated carbocycles. The summed E-state index contributed by atoms with van der Waals surface area (Å²) in [5.41, 5.74) is 5.52. The van der Waals surface area contributed by atoms with Crippen LogP contribution >= 0.6 is 12.2 Å². The molecular weight excluding hydrogens is 326 g/mol. The zero-order chi connectivity index (χ0) is 15.7. The van der Waals surface area contributed by atoms with E-state index in [4.69, 9.17) is 12.2 Å². The largest absolute Gasteiger partial charge is 1.00 e. The number of hydrogen-bond donors (Lipinski definition) is 3. The Morgan fingerprint density at radius 3 is 2.57 bits per heavy atom. The van der Waals surface area contributed by atoms with Gasteiger partial charge in [0.05, 0.1) is 26.7 Å². The van der Waals surface area contributed by atoms with Gasteiger partial charge in [-0.1, -0.05) is 29.8 Å². The molecule has 0 fully saturated rings. The fourth-order valence-corrected chi connectivity index (χ4v) is 3.91. The summed E-state index contributed by atoms with van der Waals surface area (Å²) >= 11 is 5.48. The Kier molecular flexibility index (Phi) is 6.06. The highest BCUT2D eigenvalue weighted by Gasteiger charge is 2.33. The molecule has 1 aromatic rings. The Bertz CT molecular complexity index is 595. The van der Waals surface area contributed by atoms with Crippen LogP contribution in [0.25, 0.3) is 0 Å². The maximum Gasteiger partial charge on any atom is 0.171 e. The Balaban J connectivity index is 0.00000192. The number of halogens is 1. The van der Waals surface area contributed by atoms with Gasteiger partial charge in [0.25, 0.3) is 0 Å². The van der Waals surface area contributed by atoms with E-state index in [-0.39, 0.29) is 18.4 Å². The molecule has 126 valence electrons. The van der Waals surface area contributed by atoms with E-state index in [0.29, 0.717) is 5.92 Å². The van der Waals surface area contributed by atoms with Crippen LogP contribution in [-0.4, -0.2) is 25.8 Å². The first-order valence-electron chi connectivity index (χ1n) is 8.20. The maximum absolute atomic E-state index is 5.48. The standard InChI is InChI=1S/C18H25N3S.ClH/c1-12-7-9-13(10-8-12)16-15-6-4-5-14(11-21(2)3)17(15)20-18(22)19-16;/h7-10,14,16H,4-6,11H2,1-3H3,(H2,19,20,22);1H. The highest BCUT2D eigenvalue weighted by Crippen LogP contribution is 2.37. The van der Waals surface area contributed by atoms with Crippen LogP contribution < -0.4 is 27.9 Å². The Morgan fingerprint density at radius 1 is 1.22 bits per heavy atom. The first kappa shape index (κ1) is 18.2. The third-order valence-electron chi connectivity index (χ3n) is 4.69. The summed E-state index contributed by atoms with van der Waals surface area (Å²) < 4.78 is 0. The van der Waals surface area contributed by atoms with Crippen LogP contribution in [0.2, 0.25) is 0 Å². The van der Waals surface area contributed by atoms with E-state index in [0.717, 1.165) is 18.1 Å². The summed E-state index contributed by atoms with van der Waals surface area (Å²) in [5.74, 6) is 0.599. The van der Waals surface area contributed by atoms with Gasteiger partial charge in [0, 0.05) is 11.6 Å². The van der Waals surface area contributed by atoms with Gasteiger partial charge in [-0.15, -0.1) is 0 Å². The normalized spacial score (nSPS) is 23.7. The van der Waals surface area contributed by atoms with Gasteiger partial charge in [0.15, 0.2) is 5.11 Å². The van der Waals surface area contributed by atoms with E-state index >= 15 is 0 Å². The lowest BCUT2D eigenvalue weighted by Crippen LogP contribution is -3.06. The first-order chi connectivity index (χ1) is 10.5. The molecule has 1 aliphatic carbocycles. The second-order valence-corrected chi connectivity index (χ2v) is 7.29. The summed E-state index contributed by atoms with van der Waals surface area (Å²) in [6, 6.07) is 9.07. The fraction of sp³-hybridized carbons (Fsp3) is 0.500. The number of aryl methyl sites for hydroxylation is 1. The predicted octanol–water partition coefficient (Wildman–Crippen LogP) is -1.28. The molecule has 5 heteroatoms. The van der Waals surface area contributed by atoms with E-state index in [1.54, 1.807) is 0 Å². The molecular formula is C18H26ClN3S. The minimum absolute atomic E-state index is 0. The van der Waals surface area contributed by atoms with Gasteiger partial charge in [-0.25, -0.2) is 0 Å². The summed E-state index contributed by atoms with van der Waals surface area (Å²) in [6.45, 7) is 3.29. The van der Waals surface area contributed by atoms with Crippen molar-refractivity contribution in [2.45, 2.75) is 32.2 Å². The Morgan fingerprint density at radius 2 is 1.91 bits per heavy atom. The van der Waals surface area contributed by atoms with Gasteiger partial charge in [-0.3, -0.25) is 0 Å². The van der Waals surface area contributed by atoms with Gasteiger partial charge < -0.3 is 27.9 Å². The molecule has 0 radical (unpaired) electrons. The lowest BCUT2D eigenvalue weighted by molar-refractivity contribution is -0.861. The van der Waals surface area contributed by atoms with Crippen molar-refractivity contribution < 1.29 is 17.3 Å². The van der Waals surface area contributed by atoms with Crippen LogP contribution in [0.5, 0.6) is 0 Å². The predicted molar refractivity (Wildman–Crippen MR) is 94.8 cm³/mol. The van der Waals surface area contributed by atoms with Crippen LogP contribution in [-0.2, 0) is 0 Å². The van der Waals surface area contributed by atoms with Crippen LogP contribution in [0.1, 0.15) is 36.4 Å². The minimum atomic E-state index is 0. The summed E-state index contributed by atoms with van der Waals surface area (Å²) in [6.07, 6.45) is 3.70. The summed E-state index contributed by atoms with van der Waals surface area (Å²) in [7, 11) is 4.46. The molecule has 1 aromatic carbocycles. The maximum atomic E-state index is 5.48. The van der Waals surface area contributed by atoms with Crippen LogP contribution in [0, 0.1) is 12.8 Å². The number of quaternary nitrogens is 1. The topological polar surface area (TPSA) is 28.5 Å². The lowest BCUT2D eigenvalue weighted by Gasteiger charge is -2.38. The second kappa shape index (κ2) is 7.65. The van der Waals surface area contributed by atoms with Gasteiger partial charge in [0.1, 0.15) is 0 Å². The molecule has 2 unspecified atom stereocenters. The minimum Gasteiger partial charge on any atom is -1.00 e. The number of rotatable bonds is 3. The highest BCUT2D eigenvalue weighted by molar-refractivity contribution is 7.80. The molecule has 1 aliphatic heterocycles. The van der Waals surface area contributed by atoms with E-state index in [2.05, 4.69) is 55.9 Å². The molecule has 0 aromatic heterocycles. The lowest BCUT2D eigenvalue weighted by atomic mass is 9.80. The number of benzene rings is 1. The SMILES string of the molecule is Cc1ccc(C2NC(=S)NC3=C2CCCC3C[NH+](C)C)cc1.[Cl-]. The van der Waals surface area contributed by atoms with Crippen LogP contribution in [0.4, 0.5) is 0 Å². The molecule has 3 N–H and O–H groups in total. The molecule has 3 nitrogen and oxygen atoms in total. The third-order valence-corrected chi connectivity index (χ3v) is 4.91. The smallest absolute Gasteiger partial charge is 0.171 e. The van der Waals surface area contributed by atoms with Crippen molar-refractivity contribution >= 4 is 17.3 Å². The van der Waals surface area contributed by atoms with Crippen molar-refractivity contribution in [1.82, 2.24) is 10.6 Å². The monoisotopic (exact) mass is 351 g/mol. The first-order valence-corrected chi connectivity index (χ1v) is 8.61. The number of hydrogen-bond acceptors (Lipinski definition) is 1. The van der Waals surface area contributed by atoms with E-state index in [1.165, 1.54) is 40.1 Å². The Hall–Kier alpha value is -1.10. The zero-order valence-corrected chi connectivity index (χ0v) is 15.7. The van der Waals surface area contributed by atoms with Crippen molar-refractivity contribution in [2.75, 3.05) is 20.6 Å². The average molecular weight is 352 g/mol. The van der Waals surface area contributed by atoms with Gasteiger partial charge in [-0.05, 0) is 49.5 Å². The molecule has 0 saturated heterocycles. The average Bonchev–Trinajstić information content (AvgIpc) is 2.47. The molecule has 23 heavy (non-hydrogen) atoms. The molecule has 0 spiro atoms. The van der Waals surface area contributed by atoms with Crippen LogP contribution in [0.15, 0.2) is 35.5 Å². The molecule has 2 aliphatic rings. The van der Waals surface area contributed by atoms with Crippen molar-refractivity contribution in [3.63, 3.8) is 0 Å². The van der Waals surface area contributed by atoms with E-state index in [9.17, 15) is 0 Å². The molecule has 0 bridgehead atoms. The summed E-state index contributed by atoms with van der Waals surface area (Å²) in [4.78, 5) is 1.50.